The topological polar surface area (TPSA) is 84.2 Å². The fourth-order valence-electron chi connectivity index (χ4n) is 1.34. The van der Waals surface area contributed by atoms with E-state index in [2.05, 4.69) is 15.8 Å². The molecule has 2 N–H and O–H groups in total. The Morgan fingerprint density at radius 2 is 2.00 bits per heavy atom. The Hall–Kier alpha value is -1.85. The molecule has 0 saturated carbocycles. The van der Waals surface area contributed by atoms with Crippen molar-refractivity contribution in [1.82, 2.24) is 10.5 Å². The van der Waals surface area contributed by atoms with Gasteiger partial charge in [-0.05, 0) is 19.8 Å². The largest absolute Gasteiger partial charge is 0.360 e. The summed E-state index contributed by atoms with van der Waals surface area (Å²) in [5.74, 6) is -0.572. The average Bonchev–Trinajstić information content (AvgIpc) is 2.71. The monoisotopic (exact) mass is 239 g/mol. The third-order valence-corrected chi connectivity index (χ3v) is 2.40. The van der Waals surface area contributed by atoms with Gasteiger partial charge in [-0.15, -0.1) is 0 Å². The zero-order chi connectivity index (χ0) is 12.8. The second-order valence-electron chi connectivity index (χ2n) is 3.76. The summed E-state index contributed by atoms with van der Waals surface area (Å²) in [7, 11) is 0. The van der Waals surface area contributed by atoms with Crippen molar-refractivity contribution in [2.75, 3.05) is 5.32 Å². The van der Waals surface area contributed by atoms with Gasteiger partial charge in [0.1, 0.15) is 5.76 Å². The van der Waals surface area contributed by atoms with Crippen LogP contribution < -0.4 is 10.6 Å². The predicted molar refractivity (Wildman–Crippen MR) is 62.4 cm³/mol. The van der Waals surface area contributed by atoms with E-state index in [0.717, 1.165) is 12.8 Å². The van der Waals surface area contributed by atoms with E-state index >= 15 is 0 Å². The van der Waals surface area contributed by atoms with Crippen LogP contribution in [0.4, 0.5) is 5.82 Å². The predicted octanol–water partition coefficient (Wildman–Crippen LogP) is 1.23. The minimum absolute atomic E-state index is 0.0206. The van der Waals surface area contributed by atoms with Gasteiger partial charge in [-0.3, -0.25) is 14.9 Å². The number of hydrogen-bond acceptors (Lipinski definition) is 4. The molecule has 0 bridgehead atoms. The van der Waals surface area contributed by atoms with E-state index in [1.54, 1.807) is 13.0 Å². The molecular weight excluding hydrogens is 222 g/mol. The fraction of sp³-hybridized carbons (Fsp3) is 0.545. The molecule has 1 aromatic rings. The quantitative estimate of drug-likeness (QED) is 0.774. The van der Waals surface area contributed by atoms with Crippen molar-refractivity contribution in [3.63, 3.8) is 0 Å². The third kappa shape index (κ3) is 3.90. The number of anilines is 1. The van der Waals surface area contributed by atoms with Crippen LogP contribution in [0.2, 0.25) is 0 Å². The molecule has 94 valence electrons. The van der Waals surface area contributed by atoms with Gasteiger partial charge in [0.2, 0.25) is 0 Å². The molecule has 1 aromatic heterocycles. The Morgan fingerprint density at radius 1 is 1.35 bits per heavy atom. The van der Waals surface area contributed by atoms with E-state index in [1.165, 1.54) is 0 Å². The van der Waals surface area contributed by atoms with Crippen molar-refractivity contribution in [3.8, 4) is 0 Å². The van der Waals surface area contributed by atoms with Crippen molar-refractivity contribution in [2.24, 2.45) is 0 Å². The summed E-state index contributed by atoms with van der Waals surface area (Å²) < 4.78 is 4.77. The number of aromatic nitrogens is 1. The first-order chi connectivity index (χ1) is 8.06. The second-order valence-corrected chi connectivity index (χ2v) is 3.76. The Morgan fingerprint density at radius 3 is 2.47 bits per heavy atom. The molecule has 0 aliphatic carbocycles. The molecule has 0 atom stereocenters. The number of amides is 2. The Balaban J connectivity index is 2.50. The molecular formula is C11H17N3O3. The lowest BCUT2D eigenvalue weighted by molar-refractivity contribution is -0.136. The maximum absolute atomic E-state index is 11.5. The van der Waals surface area contributed by atoms with Crippen molar-refractivity contribution in [3.05, 3.63) is 11.8 Å². The van der Waals surface area contributed by atoms with Gasteiger partial charge in [0.25, 0.3) is 0 Å². The zero-order valence-corrected chi connectivity index (χ0v) is 10.2. The molecule has 0 radical (unpaired) electrons. The molecule has 0 fully saturated rings. The van der Waals surface area contributed by atoms with Crippen LogP contribution in [-0.4, -0.2) is 23.0 Å². The van der Waals surface area contributed by atoms with Crippen LogP contribution in [0, 0.1) is 6.92 Å². The van der Waals surface area contributed by atoms with Crippen LogP contribution in [-0.2, 0) is 9.59 Å². The maximum Gasteiger partial charge on any atom is 0.314 e. The molecule has 0 aliphatic heterocycles. The number of hydrogen-bond donors (Lipinski definition) is 2. The summed E-state index contributed by atoms with van der Waals surface area (Å²) in [6.45, 7) is 5.60. The molecule has 0 saturated heterocycles. The highest BCUT2D eigenvalue weighted by Gasteiger charge is 2.17. The van der Waals surface area contributed by atoms with E-state index in [1.807, 2.05) is 13.8 Å². The molecule has 1 heterocycles. The second kappa shape index (κ2) is 6.03. The van der Waals surface area contributed by atoms with Crippen molar-refractivity contribution in [1.29, 1.82) is 0 Å². The normalized spacial score (nSPS) is 10.4. The van der Waals surface area contributed by atoms with E-state index in [4.69, 9.17) is 4.52 Å². The highest BCUT2D eigenvalue weighted by Crippen LogP contribution is 2.06. The lowest BCUT2D eigenvalue weighted by atomic mass is 10.2. The van der Waals surface area contributed by atoms with Crippen molar-refractivity contribution < 1.29 is 14.1 Å². The van der Waals surface area contributed by atoms with Gasteiger partial charge in [-0.25, -0.2) is 0 Å². The lowest BCUT2D eigenvalue weighted by Gasteiger charge is -2.13. The van der Waals surface area contributed by atoms with Crippen LogP contribution in [0.3, 0.4) is 0 Å². The highest BCUT2D eigenvalue weighted by atomic mass is 16.5. The van der Waals surface area contributed by atoms with E-state index in [9.17, 15) is 9.59 Å². The molecule has 0 aromatic carbocycles. The standard InChI is InChI=1S/C11H17N3O3/c1-4-8(5-2)12-10(15)11(16)13-9-6-7(3)17-14-9/h6,8H,4-5H2,1-3H3,(H,12,15)(H,13,14,16). The number of aryl methyl sites for hydroxylation is 1. The van der Waals surface area contributed by atoms with Gasteiger partial charge in [0, 0.05) is 12.1 Å². The SMILES string of the molecule is CCC(CC)NC(=O)C(=O)Nc1cc(C)on1. The first-order valence-corrected chi connectivity index (χ1v) is 5.62. The number of nitrogens with zero attached hydrogens (tertiary/aromatic N) is 1. The Labute approximate surface area is 99.7 Å². The minimum atomic E-state index is -0.731. The molecule has 6 nitrogen and oxygen atoms in total. The number of nitrogens with one attached hydrogen (secondary N) is 2. The van der Waals surface area contributed by atoms with Crippen molar-refractivity contribution >= 4 is 17.6 Å². The smallest absolute Gasteiger partial charge is 0.314 e. The summed E-state index contributed by atoms with van der Waals surface area (Å²) in [4.78, 5) is 23.0. The van der Waals surface area contributed by atoms with E-state index in [-0.39, 0.29) is 11.9 Å². The number of carbonyl (C=O) groups is 2. The minimum Gasteiger partial charge on any atom is -0.360 e. The Bertz CT molecular complexity index is 396. The van der Waals surface area contributed by atoms with Crippen LogP contribution in [0.1, 0.15) is 32.4 Å². The zero-order valence-electron chi connectivity index (χ0n) is 10.2. The maximum atomic E-state index is 11.5. The van der Waals surface area contributed by atoms with Crippen LogP contribution in [0.15, 0.2) is 10.6 Å². The third-order valence-electron chi connectivity index (χ3n) is 2.40. The molecule has 0 spiro atoms. The van der Waals surface area contributed by atoms with Crippen LogP contribution >= 0.6 is 0 Å². The van der Waals surface area contributed by atoms with Crippen molar-refractivity contribution in [2.45, 2.75) is 39.7 Å². The fourth-order valence-corrected chi connectivity index (χ4v) is 1.34. The van der Waals surface area contributed by atoms with E-state index in [0.29, 0.717) is 5.76 Å². The summed E-state index contributed by atoms with van der Waals surface area (Å²) in [5.41, 5.74) is 0. The van der Waals surface area contributed by atoms with Gasteiger partial charge in [0.05, 0.1) is 0 Å². The average molecular weight is 239 g/mol. The lowest BCUT2D eigenvalue weighted by Crippen LogP contribution is -2.41. The van der Waals surface area contributed by atoms with Crippen LogP contribution in [0.25, 0.3) is 0 Å². The summed E-state index contributed by atoms with van der Waals surface area (Å²) in [6, 6.07) is 1.56. The number of rotatable bonds is 4. The summed E-state index contributed by atoms with van der Waals surface area (Å²) in [5, 5.41) is 8.56. The van der Waals surface area contributed by atoms with Gasteiger partial charge in [0.15, 0.2) is 5.82 Å². The van der Waals surface area contributed by atoms with E-state index < -0.39 is 11.8 Å². The molecule has 1 rings (SSSR count). The van der Waals surface area contributed by atoms with Gasteiger partial charge in [-0.2, -0.15) is 0 Å². The summed E-state index contributed by atoms with van der Waals surface area (Å²) in [6.07, 6.45) is 1.58. The van der Waals surface area contributed by atoms with Gasteiger partial charge < -0.3 is 9.84 Å². The molecule has 0 aliphatic rings. The molecule has 17 heavy (non-hydrogen) atoms. The Kier molecular flexibility index (Phi) is 4.68. The summed E-state index contributed by atoms with van der Waals surface area (Å²) >= 11 is 0. The number of carbonyl (C=O) groups excluding carboxylic acids is 2. The van der Waals surface area contributed by atoms with Gasteiger partial charge in [-0.1, -0.05) is 19.0 Å². The first kappa shape index (κ1) is 13.2. The molecule has 2 amide bonds. The first-order valence-electron chi connectivity index (χ1n) is 5.62. The molecule has 6 heteroatoms. The van der Waals surface area contributed by atoms with Crippen LogP contribution in [0.5, 0.6) is 0 Å². The van der Waals surface area contributed by atoms with Gasteiger partial charge >= 0.3 is 11.8 Å². The molecule has 0 unspecified atom stereocenters. The highest BCUT2D eigenvalue weighted by molar-refractivity contribution is 6.39.